The minimum Gasteiger partial charge on any atom is -0.0617 e. The van der Waals surface area contributed by atoms with E-state index in [2.05, 4.69) is 6.92 Å². The van der Waals surface area contributed by atoms with Gasteiger partial charge in [-0.1, -0.05) is 19.8 Å². The van der Waals surface area contributed by atoms with Crippen LogP contribution in [0.1, 0.15) is 32.6 Å². The molecule has 0 radical (unpaired) electrons. The van der Waals surface area contributed by atoms with E-state index in [0.29, 0.717) is 0 Å². The molecule has 0 aromatic heterocycles. The third-order valence-electron chi connectivity index (χ3n) is 3.95. The van der Waals surface area contributed by atoms with Crippen molar-refractivity contribution < 1.29 is 0 Å². The van der Waals surface area contributed by atoms with Gasteiger partial charge in [0.15, 0.2) is 0 Å². The van der Waals surface area contributed by atoms with Crippen molar-refractivity contribution in [3.05, 3.63) is 0 Å². The fourth-order valence-corrected chi connectivity index (χ4v) is 2.64. The van der Waals surface area contributed by atoms with E-state index in [9.17, 15) is 0 Å². The van der Waals surface area contributed by atoms with Gasteiger partial charge in [-0.05, 0) is 36.0 Å². The molecule has 0 N–H and O–H groups in total. The van der Waals surface area contributed by atoms with Crippen LogP contribution < -0.4 is 0 Å². The molecule has 0 heterocycles. The lowest BCUT2D eigenvalue weighted by molar-refractivity contribution is 0.460. The highest BCUT2D eigenvalue weighted by Crippen LogP contribution is 2.83. The Morgan fingerprint density at radius 2 is 2.11 bits per heavy atom. The van der Waals surface area contributed by atoms with Gasteiger partial charge in [0.1, 0.15) is 0 Å². The van der Waals surface area contributed by atoms with Crippen LogP contribution in [0, 0.1) is 23.2 Å². The van der Waals surface area contributed by atoms with Gasteiger partial charge in [-0.25, -0.2) is 0 Å². The first-order valence-corrected chi connectivity index (χ1v) is 4.33. The number of hydrogen-bond acceptors (Lipinski definition) is 0. The van der Waals surface area contributed by atoms with Gasteiger partial charge in [0.25, 0.3) is 0 Å². The second-order valence-electron chi connectivity index (χ2n) is 4.48. The predicted octanol–water partition coefficient (Wildman–Crippen LogP) is 2.44. The molecule has 3 unspecified atom stereocenters. The maximum Gasteiger partial charge on any atom is -0.0232 e. The van der Waals surface area contributed by atoms with Gasteiger partial charge in [-0.15, -0.1) is 0 Å². The van der Waals surface area contributed by atoms with Crippen LogP contribution in [0.2, 0.25) is 0 Å². The molecule has 0 heteroatoms. The molecule has 0 amide bonds. The molecule has 3 aliphatic carbocycles. The van der Waals surface area contributed by atoms with E-state index >= 15 is 0 Å². The quantitative estimate of drug-likeness (QED) is 0.527. The third-order valence-corrected chi connectivity index (χ3v) is 3.95. The smallest absolute Gasteiger partial charge is 0.0232 e. The molecule has 3 aliphatic rings. The Morgan fingerprint density at radius 1 is 1.44 bits per heavy atom. The normalized spacial score (nSPS) is 61.0. The average Bonchev–Trinajstić information content (AvgIpc) is 2.64. The monoisotopic (exact) mass is 122 g/mol. The highest BCUT2D eigenvalue weighted by molar-refractivity contribution is 5.24. The van der Waals surface area contributed by atoms with Crippen molar-refractivity contribution in [2.75, 3.05) is 0 Å². The van der Waals surface area contributed by atoms with Gasteiger partial charge in [0, 0.05) is 0 Å². The first-order valence-electron chi connectivity index (χ1n) is 4.33. The topological polar surface area (TPSA) is 0 Å². The van der Waals surface area contributed by atoms with E-state index in [4.69, 9.17) is 0 Å². The summed E-state index contributed by atoms with van der Waals surface area (Å²) in [6.45, 7) is 2.44. The number of rotatable bonds is 2. The molecule has 0 bridgehead atoms. The Morgan fingerprint density at radius 3 is 2.44 bits per heavy atom. The number of fused-ring (bicyclic) bond motifs is 1. The lowest BCUT2D eigenvalue weighted by Gasteiger charge is -2.04. The van der Waals surface area contributed by atoms with Crippen LogP contribution >= 0.6 is 0 Å². The minimum absolute atomic E-state index is 0.959. The van der Waals surface area contributed by atoms with E-state index in [1.807, 2.05) is 0 Å². The van der Waals surface area contributed by atoms with Gasteiger partial charge >= 0.3 is 0 Å². The van der Waals surface area contributed by atoms with Gasteiger partial charge in [-0.3, -0.25) is 0 Å². The standard InChI is InChI=1S/C9H14/c1-6-8-5-9(6,8)4-7-2-3-7/h6-8H,2-5H2,1H3. The zero-order chi connectivity index (χ0) is 6.06. The van der Waals surface area contributed by atoms with E-state index in [1.165, 1.54) is 11.8 Å². The molecule has 50 valence electrons. The zero-order valence-electron chi connectivity index (χ0n) is 6.06. The summed E-state index contributed by atoms with van der Waals surface area (Å²) < 4.78 is 0. The van der Waals surface area contributed by atoms with E-state index in [-0.39, 0.29) is 0 Å². The first-order chi connectivity index (χ1) is 4.33. The highest BCUT2D eigenvalue weighted by atomic mass is 14.8. The summed E-state index contributed by atoms with van der Waals surface area (Å²) in [5.41, 5.74) is 0.959. The molecule has 0 saturated heterocycles. The van der Waals surface area contributed by atoms with Crippen LogP contribution in [0.25, 0.3) is 0 Å². The molecule has 3 atom stereocenters. The summed E-state index contributed by atoms with van der Waals surface area (Å²) in [4.78, 5) is 0. The second-order valence-corrected chi connectivity index (χ2v) is 4.48. The van der Waals surface area contributed by atoms with Crippen LogP contribution in [-0.2, 0) is 0 Å². The Kier molecular flexibility index (Phi) is 0.574. The fourth-order valence-electron chi connectivity index (χ4n) is 2.64. The lowest BCUT2D eigenvalue weighted by Crippen LogP contribution is -1.95. The molecule has 3 saturated carbocycles. The summed E-state index contributed by atoms with van der Waals surface area (Å²) in [5.74, 6) is 3.52. The number of hydrogen-bond donors (Lipinski definition) is 0. The molecular formula is C9H14. The van der Waals surface area contributed by atoms with Gasteiger partial charge in [0.2, 0.25) is 0 Å². The summed E-state index contributed by atoms with van der Waals surface area (Å²) in [6.07, 6.45) is 6.33. The van der Waals surface area contributed by atoms with Crippen molar-refractivity contribution in [1.29, 1.82) is 0 Å². The first kappa shape index (κ1) is 4.76. The van der Waals surface area contributed by atoms with Crippen LogP contribution in [-0.4, -0.2) is 0 Å². The summed E-state index contributed by atoms with van der Waals surface area (Å²) in [6, 6.07) is 0. The lowest BCUT2D eigenvalue weighted by atomic mass is 10.0. The predicted molar refractivity (Wildman–Crippen MR) is 37.0 cm³/mol. The third kappa shape index (κ3) is 0.461. The van der Waals surface area contributed by atoms with Crippen molar-refractivity contribution >= 4 is 0 Å². The molecule has 0 aromatic rings. The summed E-state index contributed by atoms with van der Waals surface area (Å²) >= 11 is 0. The van der Waals surface area contributed by atoms with Crippen LogP contribution in [0.5, 0.6) is 0 Å². The van der Waals surface area contributed by atoms with Gasteiger partial charge < -0.3 is 0 Å². The molecule has 9 heavy (non-hydrogen) atoms. The van der Waals surface area contributed by atoms with Crippen LogP contribution in [0.4, 0.5) is 0 Å². The van der Waals surface area contributed by atoms with Crippen molar-refractivity contribution in [2.45, 2.75) is 32.6 Å². The largest absolute Gasteiger partial charge is 0.0617 e. The minimum atomic E-state index is 0.959. The molecule has 3 fully saturated rings. The molecule has 0 spiro atoms. The fraction of sp³-hybridized carbons (Fsp3) is 1.00. The maximum atomic E-state index is 2.44. The molecule has 0 nitrogen and oxygen atoms in total. The Labute approximate surface area is 56.6 Å². The van der Waals surface area contributed by atoms with Crippen LogP contribution in [0.15, 0.2) is 0 Å². The SMILES string of the molecule is CC1C2CC12CC1CC1. The van der Waals surface area contributed by atoms with Crippen molar-refractivity contribution in [3.63, 3.8) is 0 Å². The molecule has 0 aromatic carbocycles. The summed E-state index contributed by atoms with van der Waals surface area (Å²) in [7, 11) is 0. The van der Waals surface area contributed by atoms with E-state index in [0.717, 1.165) is 11.3 Å². The average molecular weight is 122 g/mol. The van der Waals surface area contributed by atoms with Crippen molar-refractivity contribution in [1.82, 2.24) is 0 Å². The van der Waals surface area contributed by atoms with Crippen molar-refractivity contribution in [3.8, 4) is 0 Å². The second kappa shape index (κ2) is 1.09. The molecule has 3 rings (SSSR count). The van der Waals surface area contributed by atoms with E-state index in [1.54, 1.807) is 25.7 Å². The van der Waals surface area contributed by atoms with Crippen molar-refractivity contribution in [2.24, 2.45) is 23.2 Å². The van der Waals surface area contributed by atoms with Gasteiger partial charge in [-0.2, -0.15) is 0 Å². The van der Waals surface area contributed by atoms with Gasteiger partial charge in [0.05, 0.1) is 0 Å². The molecular weight excluding hydrogens is 108 g/mol. The summed E-state index contributed by atoms with van der Waals surface area (Å²) in [5, 5.41) is 0. The Bertz CT molecular complexity index is 151. The van der Waals surface area contributed by atoms with Crippen LogP contribution in [0.3, 0.4) is 0 Å². The maximum absolute atomic E-state index is 2.44. The Hall–Kier alpha value is 0. The molecule has 0 aliphatic heterocycles. The van der Waals surface area contributed by atoms with E-state index < -0.39 is 0 Å². The highest BCUT2D eigenvalue weighted by Gasteiger charge is 2.76. The zero-order valence-corrected chi connectivity index (χ0v) is 6.06. The Balaban J connectivity index is 1.67.